The lowest BCUT2D eigenvalue weighted by Crippen LogP contribution is -2.47. The molecule has 6 nitrogen and oxygen atoms in total. The highest BCUT2D eigenvalue weighted by Gasteiger charge is 2.31. The van der Waals surface area contributed by atoms with Crippen LogP contribution in [0.15, 0.2) is 18.3 Å². The zero-order chi connectivity index (χ0) is 15.2. The maximum atomic E-state index is 12.4. The van der Waals surface area contributed by atoms with Gasteiger partial charge >= 0.3 is 0 Å². The van der Waals surface area contributed by atoms with E-state index in [2.05, 4.69) is 15.6 Å². The molecule has 0 spiro atoms. The topological polar surface area (TPSA) is 80.3 Å². The van der Waals surface area contributed by atoms with E-state index < -0.39 is 6.04 Å². The number of nitrogens with zero attached hydrogens (tertiary/aromatic N) is 1. The highest BCUT2D eigenvalue weighted by atomic mass is 16.5. The number of pyridine rings is 1. The van der Waals surface area contributed by atoms with Crippen LogP contribution in [0.25, 0.3) is 0 Å². The normalized spacial score (nSPS) is 16.3. The number of nitrogens with one attached hydrogen (secondary N) is 2. The smallest absolute Gasteiger partial charge is 0.247 e. The Morgan fingerprint density at radius 3 is 2.57 bits per heavy atom. The van der Waals surface area contributed by atoms with E-state index in [1.54, 1.807) is 12.1 Å². The van der Waals surface area contributed by atoms with E-state index in [1.165, 1.54) is 20.2 Å². The van der Waals surface area contributed by atoms with Crippen molar-refractivity contribution in [3.63, 3.8) is 0 Å². The third kappa shape index (κ3) is 4.18. The van der Waals surface area contributed by atoms with E-state index in [1.807, 2.05) is 0 Å². The Bertz CT molecular complexity index is 495. The second-order valence-electron chi connectivity index (χ2n) is 5.30. The SMILES string of the molecule is COc1ccc(NC(=O)C(NC(C)=O)C2CCCC2)cn1. The lowest BCUT2D eigenvalue weighted by atomic mass is 9.97. The molecule has 1 unspecified atom stereocenters. The molecule has 6 heteroatoms. The molecule has 21 heavy (non-hydrogen) atoms. The molecule has 0 aliphatic heterocycles. The largest absolute Gasteiger partial charge is 0.481 e. The maximum absolute atomic E-state index is 12.4. The van der Waals surface area contributed by atoms with E-state index in [0.717, 1.165) is 25.7 Å². The molecular formula is C15H21N3O3. The molecule has 1 saturated carbocycles. The van der Waals surface area contributed by atoms with Crippen LogP contribution in [0.2, 0.25) is 0 Å². The summed E-state index contributed by atoms with van der Waals surface area (Å²) in [7, 11) is 1.54. The average molecular weight is 291 g/mol. The summed E-state index contributed by atoms with van der Waals surface area (Å²) in [4.78, 5) is 27.8. The number of methoxy groups -OCH3 is 1. The van der Waals surface area contributed by atoms with Gasteiger partial charge in [-0.25, -0.2) is 4.98 Å². The molecule has 0 aromatic carbocycles. The number of hydrogen-bond donors (Lipinski definition) is 2. The predicted molar refractivity (Wildman–Crippen MR) is 79.0 cm³/mol. The molecule has 1 aliphatic rings. The van der Waals surface area contributed by atoms with Crippen molar-refractivity contribution in [1.82, 2.24) is 10.3 Å². The summed E-state index contributed by atoms with van der Waals surface area (Å²) in [5, 5.41) is 5.57. The van der Waals surface area contributed by atoms with E-state index in [9.17, 15) is 9.59 Å². The van der Waals surface area contributed by atoms with Gasteiger partial charge in [0, 0.05) is 13.0 Å². The van der Waals surface area contributed by atoms with Gasteiger partial charge in [0.2, 0.25) is 17.7 Å². The van der Waals surface area contributed by atoms with Gasteiger partial charge in [-0.2, -0.15) is 0 Å². The molecule has 0 saturated heterocycles. The van der Waals surface area contributed by atoms with Crippen molar-refractivity contribution in [2.45, 2.75) is 38.6 Å². The second-order valence-corrected chi connectivity index (χ2v) is 5.30. The average Bonchev–Trinajstić information content (AvgIpc) is 2.99. The van der Waals surface area contributed by atoms with Gasteiger partial charge in [0.1, 0.15) is 6.04 Å². The lowest BCUT2D eigenvalue weighted by molar-refractivity contribution is -0.126. The van der Waals surface area contributed by atoms with Crippen LogP contribution in [0, 0.1) is 5.92 Å². The molecule has 1 fully saturated rings. The first-order chi connectivity index (χ1) is 10.1. The third-order valence-corrected chi connectivity index (χ3v) is 3.73. The monoisotopic (exact) mass is 291 g/mol. The van der Waals surface area contributed by atoms with Gasteiger partial charge in [-0.15, -0.1) is 0 Å². The highest BCUT2D eigenvalue weighted by molar-refractivity contribution is 5.97. The zero-order valence-corrected chi connectivity index (χ0v) is 12.4. The number of carbonyl (C=O) groups excluding carboxylic acids is 2. The third-order valence-electron chi connectivity index (χ3n) is 3.73. The van der Waals surface area contributed by atoms with E-state index in [4.69, 9.17) is 4.74 Å². The molecule has 114 valence electrons. The zero-order valence-electron chi connectivity index (χ0n) is 12.4. The van der Waals surface area contributed by atoms with Crippen molar-refractivity contribution in [2.75, 3.05) is 12.4 Å². The van der Waals surface area contributed by atoms with Crippen LogP contribution in [0.4, 0.5) is 5.69 Å². The van der Waals surface area contributed by atoms with Crippen LogP contribution in [0.5, 0.6) is 5.88 Å². The number of amides is 2. The molecule has 1 aromatic heterocycles. The first kappa shape index (κ1) is 15.3. The van der Waals surface area contributed by atoms with Crippen LogP contribution in [0.1, 0.15) is 32.6 Å². The number of aromatic nitrogens is 1. The Labute approximate surface area is 124 Å². The number of ether oxygens (including phenoxy) is 1. The second kappa shape index (κ2) is 7.06. The van der Waals surface area contributed by atoms with E-state index in [0.29, 0.717) is 11.6 Å². The summed E-state index contributed by atoms with van der Waals surface area (Å²) in [6.45, 7) is 1.43. The molecule has 1 aromatic rings. The number of rotatable bonds is 5. The number of hydrogen-bond acceptors (Lipinski definition) is 4. The molecule has 0 bridgehead atoms. The van der Waals surface area contributed by atoms with Crippen LogP contribution in [-0.2, 0) is 9.59 Å². The summed E-state index contributed by atoms with van der Waals surface area (Å²) in [5.41, 5.74) is 0.592. The van der Waals surface area contributed by atoms with Crippen molar-refractivity contribution < 1.29 is 14.3 Å². The molecule has 0 radical (unpaired) electrons. The summed E-state index contributed by atoms with van der Waals surface area (Å²) < 4.78 is 4.97. The van der Waals surface area contributed by atoms with Gasteiger partial charge in [-0.1, -0.05) is 12.8 Å². The van der Waals surface area contributed by atoms with Crippen LogP contribution >= 0.6 is 0 Å². The summed E-state index contributed by atoms with van der Waals surface area (Å²) in [5.74, 6) is 0.321. The Hall–Kier alpha value is -2.11. The standard InChI is InChI=1S/C15H21N3O3/c1-10(19)17-14(11-5-3-4-6-11)15(20)18-12-7-8-13(21-2)16-9-12/h7-9,11,14H,3-6H2,1-2H3,(H,17,19)(H,18,20). The van der Waals surface area contributed by atoms with Crippen LogP contribution < -0.4 is 15.4 Å². The van der Waals surface area contributed by atoms with Gasteiger partial charge in [-0.05, 0) is 24.8 Å². The molecule has 2 rings (SSSR count). The summed E-state index contributed by atoms with van der Waals surface area (Å²) in [6, 6.07) is 2.93. The minimum atomic E-state index is -0.480. The Morgan fingerprint density at radius 2 is 2.05 bits per heavy atom. The fourth-order valence-corrected chi connectivity index (χ4v) is 2.70. The highest BCUT2D eigenvalue weighted by Crippen LogP contribution is 2.28. The van der Waals surface area contributed by atoms with Gasteiger partial charge in [0.15, 0.2) is 0 Å². The Balaban J connectivity index is 2.04. The van der Waals surface area contributed by atoms with Gasteiger partial charge in [0.05, 0.1) is 19.0 Å². The quantitative estimate of drug-likeness (QED) is 0.865. The van der Waals surface area contributed by atoms with Gasteiger partial charge in [0.25, 0.3) is 0 Å². The lowest BCUT2D eigenvalue weighted by Gasteiger charge is -2.23. The van der Waals surface area contributed by atoms with Crippen molar-refractivity contribution in [3.8, 4) is 5.88 Å². The Morgan fingerprint density at radius 1 is 1.33 bits per heavy atom. The Kier molecular flexibility index (Phi) is 5.14. The van der Waals surface area contributed by atoms with Gasteiger partial charge < -0.3 is 15.4 Å². The fourth-order valence-electron chi connectivity index (χ4n) is 2.70. The molecule has 1 heterocycles. The predicted octanol–water partition coefficient (Wildman–Crippen LogP) is 1.72. The number of anilines is 1. The molecule has 2 amide bonds. The van der Waals surface area contributed by atoms with Crippen LogP contribution in [0.3, 0.4) is 0 Å². The maximum Gasteiger partial charge on any atom is 0.247 e. The van der Waals surface area contributed by atoms with Gasteiger partial charge in [-0.3, -0.25) is 9.59 Å². The molecule has 1 atom stereocenters. The van der Waals surface area contributed by atoms with Crippen molar-refractivity contribution in [2.24, 2.45) is 5.92 Å². The van der Waals surface area contributed by atoms with Crippen LogP contribution in [-0.4, -0.2) is 29.9 Å². The summed E-state index contributed by atoms with van der Waals surface area (Å²) >= 11 is 0. The van der Waals surface area contributed by atoms with Crippen molar-refractivity contribution in [3.05, 3.63) is 18.3 Å². The van der Waals surface area contributed by atoms with Crippen molar-refractivity contribution in [1.29, 1.82) is 0 Å². The van der Waals surface area contributed by atoms with E-state index in [-0.39, 0.29) is 17.7 Å². The minimum absolute atomic E-state index is 0.185. The number of carbonyl (C=O) groups is 2. The fraction of sp³-hybridized carbons (Fsp3) is 0.533. The molecule has 1 aliphatic carbocycles. The molecule has 2 N–H and O–H groups in total. The van der Waals surface area contributed by atoms with E-state index >= 15 is 0 Å². The summed E-state index contributed by atoms with van der Waals surface area (Å²) in [6.07, 6.45) is 5.70. The molecular weight excluding hydrogens is 270 g/mol. The minimum Gasteiger partial charge on any atom is -0.481 e. The van der Waals surface area contributed by atoms with Crippen molar-refractivity contribution >= 4 is 17.5 Å². The first-order valence-electron chi connectivity index (χ1n) is 7.18. The first-order valence-corrected chi connectivity index (χ1v) is 7.18.